The lowest BCUT2D eigenvalue weighted by Gasteiger charge is -2.06. The number of carboxylic acids is 1. The van der Waals surface area contributed by atoms with Crippen molar-refractivity contribution in [2.24, 2.45) is 0 Å². The number of thiophene rings is 1. The maximum atomic E-state index is 13.2. The van der Waals surface area contributed by atoms with Crippen LogP contribution in [0.5, 0.6) is 5.75 Å². The van der Waals surface area contributed by atoms with Gasteiger partial charge in [0.1, 0.15) is 4.21 Å². The molecule has 1 heterocycles. The molecule has 1 aromatic carbocycles. The average molecular weight is 331 g/mol. The molecule has 0 aliphatic heterocycles. The van der Waals surface area contributed by atoms with Gasteiger partial charge in [-0.2, -0.15) is 0 Å². The number of benzene rings is 1. The quantitative estimate of drug-likeness (QED) is 0.727. The summed E-state index contributed by atoms with van der Waals surface area (Å²) in [5.74, 6) is -2.60. The van der Waals surface area contributed by atoms with Crippen molar-refractivity contribution in [3.63, 3.8) is 0 Å². The standard InChI is InChI=1S/C12H10FNO5S2/c13-9-5-7(1-3-10(9)15)14-21(18,19)12-4-2-8(20-12)6-11(16)17/h1-5,14-15H,6H2,(H,16,17). The Morgan fingerprint density at radius 2 is 2.00 bits per heavy atom. The Hall–Kier alpha value is -2.13. The number of nitrogens with one attached hydrogen (secondary N) is 1. The lowest BCUT2D eigenvalue weighted by molar-refractivity contribution is -0.136. The number of aromatic hydroxyl groups is 1. The summed E-state index contributed by atoms with van der Waals surface area (Å²) in [4.78, 5) is 11.0. The van der Waals surface area contributed by atoms with Gasteiger partial charge in [0.05, 0.1) is 12.1 Å². The maximum Gasteiger partial charge on any atom is 0.308 e. The molecule has 0 saturated carbocycles. The van der Waals surface area contributed by atoms with Crippen LogP contribution in [0.25, 0.3) is 0 Å². The van der Waals surface area contributed by atoms with Crippen LogP contribution in [0.2, 0.25) is 0 Å². The zero-order valence-corrected chi connectivity index (χ0v) is 12.0. The molecule has 0 saturated heterocycles. The molecule has 2 aromatic rings. The molecule has 0 amide bonds. The first-order valence-electron chi connectivity index (χ1n) is 5.60. The second-order valence-corrected chi connectivity index (χ2v) is 7.14. The number of anilines is 1. The molecule has 9 heteroatoms. The number of phenolic OH excluding ortho intramolecular Hbond substituents is 1. The van der Waals surface area contributed by atoms with Crippen molar-refractivity contribution in [2.45, 2.75) is 10.6 Å². The summed E-state index contributed by atoms with van der Waals surface area (Å²) in [5, 5.41) is 17.7. The van der Waals surface area contributed by atoms with E-state index in [4.69, 9.17) is 10.2 Å². The number of hydrogen-bond donors (Lipinski definition) is 3. The zero-order valence-electron chi connectivity index (χ0n) is 10.4. The van der Waals surface area contributed by atoms with Gasteiger partial charge in [0.15, 0.2) is 11.6 Å². The van der Waals surface area contributed by atoms with Gasteiger partial charge in [-0.25, -0.2) is 12.8 Å². The largest absolute Gasteiger partial charge is 0.505 e. The fraction of sp³-hybridized carbons (Fsp3) is 0.0833. The van der Waals surface area contributed by atoms with Gasteiger partial charge >= 0.3 is 5.97 Å². The molecule has 6 nitrogen and oxygen atoms in total. The molecule has 0 bridgehead atoms. The Morgan fingerprint density at radius 3 is 2.62 bits per heavy atom. The van der Waals surface area contributed by atoms with Crippen molar-refractivity contribution in [2.75, 3.05) is 4.72 Å². The highest BCUT2D eigenvalue weighted by Gasteiger charge is 2.18. The minimum atomic E-state index is -3.93. The Balaban J connectivity index is 2.23. The van der Waals surface area contributed by atoms with Crippen molar-refractivity contribution < 1.29 is 27.8 Å². The summed E-state index contributed by atoms with van der Waals surface area (Å²) in [6, 6.07) is 5.77. The number of hydrogen-bond acceptors (Lipinski definition) is 5. The van der Waals surface area contributed by atoms with E-state index < -0.39 is 27.6 Å². The molecular formula is C12H10FNO5S2. The maximum absolute atomic E-state index is 13.2. The van der Waals surface area contributed by atoms with E-state index in [1.54, 1.807) is 0 Å². The van der Waals surface area contributed by atoms with Gasteiger partial charge in [-0.05, 0) is 24.3 Å². The van der Waals surface area contributed by atoms with Crippen LogP contribution >= 0.6 is 11.3 Å². The first-order valence-corrected chi connectivity index (χ1v) is 7.90. The topological polar surface area (TPSA) is 104 Å². The van der Waals surface area contributed by atoms with Gasteiger partial charge in [0, 0.05) is 10.9 Å². The lowest BCUT2D eigenvalue weighted by Crippen LogP contribution is -2.11. The number of halogens is 1. The summed E-state index contributed by atoms with van der Waals surface area (Å²) in [7, 11) is -3.93. The third-order valence-corrected chi connectivity index (χ3v) is 5.39. The van der Waals surface area contributed by atoms with Crippen LogP contribution in [0, 0.1) is 5.82 Å². The highest BCUT2D eigenvalue weighted by Crippen LogP contribution is 2.26. The molecular weight excluding hydrogens is 321 g/mol. The summed E-state index contributed by atoms with van der Waals surface area (Å²) in [6.45, 7) is 0. The number of sulfonamides is 1. The van der Waals surface area contributed by atoms with E-state index in [1.165, 1.54) is 18.2 Å². The monoisotopic (exact) mass is 331 g/mol. The van der Waals surface area contributed by atoms with Crippen molar-refractivity contribution in [3.8, 4) is 5.75 Å². The average Bonchev–Trinajstić information content (AvgIpc) is 2.82. The predicted molar refractivity (Wildman–Crippen MR) is 74.5 cm³/mol. The number of phenols is 1. The van der Waals surface area contributed by atoms with Gasteiger partial charge in [0.25, 0.3) is 10.0 Å². The Bertz CT molecular complexity index is 785. The third kappa shape index (κ3) is 3.70. The van der Waals surface area contributed by atoms with Crippen molar-refractivity contribution in [3.05, 3.63) is 41.0 Å². The van der Waals surface area contributed by atoms with Crippen molar-refractivity contribution in [1.82, 2.24) is 0 Å². The fourth-order valence-corrected chi connectivity index (χ4v) is 3.92. The Labute approximate surface area is 123 Å². The molecule has 0 radical (unpaired) electrons. The zero-order chi connectivity index (χ0) is 15.6. The van der Waals surface area contributed by atoms with E-state index in [9.17, 15) is 17.6 Å². The van der Waals surface area contributed by atoms with Crippen LogP contribution < -0.4 is 4.72 Å². The minimum absolute atomic E-state index is 0.0431. The van der Waals surface area contributed by atoms with E-state index in [1.807, 2.05) is 0 Å². The summed E-state index contributed by atoms with van der Waals surface area (Å²) < 4.78 is 39.4. The van der Waals surface area contributed by atoms with Crippen LogP contribution in [0.3, 0.4) is 0 Å². The van der Waals surface area contributed by atoms with E-state index in [0.29, 0.717) is 4.88 Å². The van der Waals surface area contributed by atoms with Crippen LogP contribution in [0.15, 0.2) is 34.5 Å². The summed E-state index contributed by atoms with van der Waals surface area (Å²) in [5.41, 5.74) is -0.0431. The van der Waals surface area contributed by atoms with Gasteiger partial charge in [0.2, 0.25) is 0 Å². The van der Waals surface area contributed by atoms with E-state index in [0.717, 1.165) is 23.5 Å². The van der Waals surface area contributed by atoms with Gasteiger partial charge in [-0.1, -0.05) is 0 Å². The molecule has 0 unspecified atom stereocenters. The number of carbonyl (C=O) groups is 1. The number of carboxylic acid groups (broad SMARTS) is 1. The van der Waals surface area contributed by atoms with Crippen molar-refractivity contribution in [1.29, 1.82) is 0 Å². The van der Waals surface area contributed by atoms with E-state index in [-0.39, 0.29) is 16.3 Å². The Kier molecular flexibility index (Phi) is 4.14. The SMILES string of the molecule is O=C(O)Cc1ccc(S(=O)(=O)Nc2ccc(O)c(F)c2)s1. The smallest absolute Gasteiger partial charge is 0.308 e. The first-order chi connectivity index (χ1) is 9.78. The third-order valence-electron chi connectivity index (χ3n) is 2.43. The highest BCUT2D eigenvalue weighted by atomic mass is 32.2. The number of rotatable bonds is 5. The molecule has 3 N–H and O–H groups in total. The summed E-state index contributed by atoms with van der Waals surface area (Å²) in [6.07, 6.45) is -0.270. The van der Waals surface area contributed by atoms with Crippen molar-refractivity contribution >= 4 is 33.0 Å². The molecule has 0 aliphatic carbocycles. The van der Waals surface area contributed by atoms with Crippen LogP contribution in [0.4, 0.5) is 10.1 Å². The molecule has 21 heavy (non-hydrogen) atoms. The summed E-state index contributed by atoms with van der Waals surface area (Å²) >= 11 is 0.820. The lowest BCUT2D eigenvalue weighted by atomic mass is 10.3. The van der Waals surface area contributed by atoms with Crippen LogP contribution in [-0.2, 0) is 21.2 Å². The van der Waals surface area contributed by atoms with Gasteiger partial charge in [-0.15, -0.1) is 11.3 Å². The minimum Gasteiger partial charge on any atom is -0.505 e. The molecule has 0 spiro atoms. The predicted octanol–water partition coefficient (Wildman–Crippen LogP) is 2.02. The molecule has 2 rings (SSSR count). The fourth-order valence-electron chi connectivity index (χ4n) is 1.52. The molecule has 1 aromatic heterocycles. The number of aliphatic carboxylic acids is 1. The second-order valence-electron chi connectivity index (χ2n) is 4.06. The van der Waals surface area contributed by atoms with Crippen LogP contribution in [0.1, 0.15) is 4.88 Å². The Morgan fingerprint density at radius 1 is 1.29 bits per heavy atom. The molecule has 0 fully saturated rings. The first kappa shape index (κ1) is 15.3. The normalized spacial score (nSPS) is 11.3. The van der Waals surface area contributed by atoms with Gasteiger partial charge in [-0.3, -0.25) is 9.52 Å². The van der Waals surface area contributed by atoms with Crippen LogP contribution in [-0.4, -0.2) is 24.6 Å². The molecule has 0 aliphatic rings. The molecule has 112 valence electrons. The van der Waals surface area contributed by atoms with Gasteiger partial charge < -0.3 is 10.2 Å². The molecule has 0 atom stereocenters. The van der Waals surface area contributed by atoms with E-state index >= 15 is 0 Å². The van der Waals surface area contributed by atoms with E-state index in [2.05, 4.69) is 4.72 Å². The highest BCUT2D eigenvalue weighted by molar-refractivity contribution is 7.94. The second kappa shape index (κ2) is 5.70.